The third-order valence-electron chi connectivity index (χ3n) is 5.18. The van der Waals surface area contributed by atoms with Crippen LogP contribution in [0.1, 0.15) is 41.3 Å². The monoisotopic (exact) mass is 390 g/mol. The van der Waals surface area contributed by atoms with Crippen LogP contribution < -0.4 is 5.32 Å². The van der Waals surface area contributed by atoms with Crippen LogP contribution in [0.4, 0.5) is 5.69 Å². The van der Waals surface area contributed by atoms with Gasteiger partial charge in [-0.2, -0.15) is 0 Å². The van der Waals surface area contributed by atoms with Gasteiger partial charge < -0.3 is 10.1 Å². The molecule has 1 aliphatic carbocycles. The fourth-order valence-electron chi connectivity index (χ4n) is 3.93. The van der Waals surface area contributed by atoms with Gasteiger partial charge in [0.25, 0.3) is 5.69 Å². The molecule has 0 fully saturated rings. The summed E-state index contributed by atoms with van der Waals surface area (Å²) in [7, 11) is 0. The van der Waals surface area contributed by atoms with Crippen molar-refractivity contribution < 1.29 is 19.2 Å². The summed E-state index contributed by atoms with van der Waals surface area (Å²) in [6.45, 7) is 3.68. The van der Waals surface area contributed by atoms with Crippen molar-refractivity contribution >= 4 is 23.1 Å². The number of Topliss-reactive ketones (excluding diaryl/α,β-unsaturated/α-hetero) is 1. The molecule has 1 aliphatic heterocycles. The van der Waals surface area contributed by atoms with E-state index in [2.05, 4.69) is 5.32 Å². The summed E-state index contributed by atoms with van der Waals surface area (Å²) in [5, 5.41) is 14.2. The second kappa shape index (κ2) is 7.01. The number of nitro groups is 1. The van der Waals surface area contributed by atoms with Crippen molar-refractivity contribution in [3.05, 3.63) is 92.2 Å². The summed E-state index contributed by atoms with van der Waals surface area (Å²) in [5.74, 6) is -1.36. The third-order valence-corrected chi connectivity index (χ3v) is 5.18. The molecular formula is C22H18N2O5. The number of hydrogen-bond donors (Lipinski definition) is 1. The van der Waals surface area contributed by atoms with Crippen molar-refractivity contribution in [3.8, 4) is 0 Å². The first-order chi connectivity index (χ1) is 13.9. The number of ketones is 1. The van der Waals surface area contributed by atoms with Gasteiger partial charge >= 0.3 is 5.97 Å². The number of esters is 1. The normalized spacial score (nSPS) is 17.6. The van der Waals surface area contributed by atoms with Crippen LogP contribution in [0.15, 0.2) is 65.4 Å². The number of nitrogens with one attached hydrogen (secondary N) is 1. The van der Waals surface area contributed by atoms with Crippen LogP contribution in [0.2, 0.25) is 0 Å². The molecule has 29 heavy (non-hydrogen) atoms. The SMILES string of the molecule is CCOC(=O)C1=C(C)NC2=C(C(=O)c3ccccc32)C1c1ccc([N+](=O)[O-])cc1. The minimum Gasteiger partial charge on any atom is -0.463 e. The molecule has 0 radical (unpaired) electrons. The number of carbonyl (C=O) groups is 2. The Balaban J connectivity index is 1.90. The first kappa shape index (κ1) is 18.6. The number of rotatable bonds is 4. The highest BCUT2D eigenvalue weighted by atomic mass is 16.6. The minimum absolute atomic E-state index is 0.0590. The lowest BCUT2D eigenvalue weighted by Gasteiger charge is -2.29. The minimum atomic E-state index is -0.675. The first-order valence-corrected chi connectivity index (χ1v) is 9.21. The van der Waals surface area contributed by atoms with Gasteiger partial charge in [-0.25, -0.2) is 4.79 Å². The van der Waals surface area contributed by atoms with Crippen molar-refractivity contribution in [2.75, 3.05) is 6.61 Å². The molecule has 7 heteroatoms. The molecule has 4 rings (SSSR count). The van der Waals surface area contributed by atoms with Crippen molar-refractivity contribution in [1.82, 2.24) is 5.32 Å². The molecule has 7 nitrogen and oxygen atoms in total. The van der Waals surface area contributed by atoms with Crippen LogP contribution in [0.25, 0.3) is 5.70 Å². The van der Waals surface area contributed by atoms with Crippen LogP contribution in [-0.2, 0) is 9.53 Å². The lowest BCUT2D eigenvalue weighted by atomic mass is 9.80. The zero-order valence-electron chi connectivity index (χ0n) is 15.9. The molecule has 2 aromatic carbocycles. The maximum Gasteiger partial charge on any atom is 0.336 e. The van der Waals surface area contributed by atoms with Gasteiger partial charge in [-0.1, -0.05) is 36.4 Å². The number of fused-ring (bicyclic) bond motifs is 2. The molecule has 0 saturated carbocycles. The first-order valence-electron chi connectivity index (χ1n) is 9.21. The number of hydrogen-bond acceptors (Lipinski definition) is 6. The van der Waals surface area contributed by atoms with E-state index < -0.39 is 16.8 Å². The standard InChI is InChI=1S/C22H18N2O5/c1-3-29-22(26)17-12(2)23-20-15-6-4-5-7-16(15)21(25)19(20)18(17)13-8-10-14(11-9-13)24(27)28/h4-11,18,23H,3H2,1-2H3. The van der Waals surface area contributed by atoms with E-state index in [4.69, 9.17) is 4.74 Å². The van der Waals surface area contributed by atoms with E-state index in [1.54, 1.807) is 38.1 Å². The maximum atomic E-state index is 13.2. The molecule has 1 heterocycles. The quantitative estimate of drug-likeness (QED) is 0.485. The Bertz CT molecular complexity index is 1110. The Hall–Kier alpha value is -3.74. The Labute approximate surface area is 166 Å². The average Bonchev–Trinajstić information content (AvgIpc) is 2.99. The number of dihydropyridines is 1. The molecule has 2 aliphatic rings. The Morgan fingerprint density at radius 2 is 1.79 bits per heavy atom. The number of benzene rings is 2. The molecule has 0 aromatic heterocycles. The number of ether oxygens (including phenoxy) is 1. The van der Waals surface area contributed by atoms with E-state index in [9.17, 15) is 19.7 Å². The Morgan fingerprint density at radius 3 is 2.41 bits per heavy atom. The third kappa shape index (κ3) is 2.91. The van der Waals surface area contributed by atoms with Crippen LogP contribution in [0.5, 0.6) is 0 Å². The molecule has 1 atom stereocenters. The van der Waals surface area contributed by atoms with Crippen molar-refractivity contribution in [3.63, 3.8) is 0 Å². The fraction of sp³-hybridized carbons (Fsp3) is 0.182. The highest BCUT2D eigenvalue weighted by molar-refractivity contribution is 6.23. The van der Waals surface area contributed by atoms with E-state index in [1.807, 2.05) is 12.1 Å². The van der Waals surface area contributed by atoms with Crippen molar-refractivity contribution in [2.24, 2.45) is 0 Å². The Kier molecular flexibility index (Phi) is 4.50. The van der Waals surface area contributed by atoms with Gasteiger partial charge in [-0.15, -0.1) is 0 Å². The molecule has 1 unspecified atom stereocenters. The van der Waals surface area contributed by atoms with E-state index >= 15 is 0 Å². The number of carbonyl (C=O) groups excluding carboxylic acids is 2. The smallest absolute Gasteiger partial charge is 0.336 e. The number of nitrogens with zero attached hydrogens (tertiary/aromatic N) is 1. The van der Waals surface area contributed by atoms with Crippen LogP contribution in [0.3, 0.4) is 0 Å². The summed E-state index contributed by atoms with van der Waals surface area (Å²) >= 11 is 0. The number of nitro benzene ring substituents is 1. The summed E-state index contributed by atoms with van der Waals surface area (Å²) < 4.78 is 5.25. The van der Waals surface area contributed by atoms with E-state index in [-0.39, 0.29) is 18.1 Å². The topological polar surface area (TPSA) is 98.5 Å². The zero-order chi connectivity index (χ0) is 20.7. The summed E-state index contributed by atoms with van der Waals surface area (Å²) in [6.07, 6.45) is 0. The van der Waals surface area contributed by atoms with Gasteiger partial charge in [0, 0.05) is 40.4 Å². The highest BCUT2D eigenvalue weighted by Gasteiger charge is 2.42. The van der Waals surface area contributed by atoms with Crippen LogP contribution in [0, 0.1) is 10.1 Å². The lowest BCUT2D eigenvalue weighted by Crippen LogP contribution is -2.29. The molecule has 146 valence electrons. The molecule has 2 aromatic rings. The maximum absolute atomic E-state index is 13.2. The van der Waals surface area contributed by atoms with E-state index in [1.165, 1.54) is 12.1 Å². The highest BCUT2D eigenvalue weighted by Crippen LogP contribution is 2.46. The summed E-state index contributed by atoms with van der Waals surface area (Å²) in [6, 6.07) is 13.2. The molecular weight excluding hydrogens is 372 g/mol. The van der Waals surface area contributed by atoms with Crippen molar-refractivity contribution in [1.29, 1.82) is 0 Å². The molecule has 1 N–H and O–H groups in total. The molecule has 0 spiro atoms. The van der Waals surface area contributed by atoms with Gasteiger partial charge in [0.2, 0.25) is 0 Å². The van der Waals surface area contributed by atoms with Gasteiger partial charge in [-0.05, 0) is 19.4 Å². The van der Waals surface area contributed by atoms with E-state index in [0.29, 0.717) is 33.7 Å². The largest absolute Gasteiger partial charge is 0.463 e. The fourth-order valence-corrected chi connectivity index (χ4v) is 3.93. The lowest BCUT2D eigenvalue weighted by molar-refractivity contribution is -0.384. The second-order valence-corrected chi connectivity index (χ2v) is 6.83. The summed E-state index contributed by atoms with van der Waals surface area (Å²) in [5.41, 5.74) is 3.95. The summed E-state index contributed by atoms with van der Waals surface area (Å²) in [4.78, 5) is 36.6. The molecule has 0 saturated heterocycles. The molecule has 0 amide bonds. The van der Waals surface area contributed by atoms with Crippen LogP contribution >= 0.6 is 0 Å². The molecule has 0 bridgehead atoms. The second-order valence-electron chi connectivity index (χ2n) is 6.83. The predicted octanol–water partition coefficient (Wildman–Crippen LogP) is 3.73. The zero-order valence-corrected chi connectivity index (χ0v) is 15.9. The number of allylic oxidation sites excluding steroid dienone is 2. The van der Waals surface area contributed by atoms with Crippen LogP contribution in [-0.4, -0.2) is 23.3 Å². The average molecular weight is 390 g/mol. The van der Waals surface area contributed by atoms with E-state index in [0.717, 1.165) is 5.56 Å². The van der Waals surface area contributed by atoms with Gasteiger partial charge in [0.15, 0.2) is 5.78 Å². The Morgan fingerprint density at radius 1 is 1.14 bits per heavy atom. The predicted molar refractivity (Wildman–Crippen MR) is 106 cm³/mol. The van der Waals surface area contributed by atoms with Gasteiger partial charge in [-0.3, -0.25) is 14.9 Å². The van der Waals surface area contributed by atoms with Crippen molar-refractivity contribution in [2.45, 2.75) is 19.8 Å². The van der Waals surface area contributed by atoms with Gasteiger partial charge in [0.1, 0.15) is 0 Å². The van der Waals surface area contributed by atoms with Gasteiger partial charge in [0.05, 0.1) is 22.8 Å². The number of non-ortho nitro benzene ring substituents is 1.